The number of hydrogen-bond donors (Lipinski definition) is 3. The first-order valence-corrected chi connectivity index (χ1v) is 8.77. The molecule has 0 heterocycles. The third kappa shape index (κ3) is 6.24. The van der Waals surface area contributed by atoms with Crippen LogP contribution in [0, 0.1) is 5.41 Å². The predicted molar refractivity (Wildman–Crippen MR) is 101 cm³/mol. The van der Waals surface area contributed by atoms with Crippen LogP contribution in [0.1, 0.15) is 43.9 Å². The molecular weight excluding hydrogens is 312 g/mol. The van der Waals surface area contributed by atoms with Crippen LogP contribution in [0.4, 0.5) is 4.79 Å². The van der Waals surface area contributed by atoms with E-state index < -0.39 is 0 Å². The van der Waals surface area contributed by atoms with Crippen LogP contribution in [0.2, 0.25) is 0 Å². The van der Waals surface area contributed by atoms with Crippen molar-refractivity contribution in [3.63, 3.8) is 0 Å². The van der Waals surface area contributed by atoms with Gasteiger partial charge >= 0.3 is 6.03 Å². The van der Waals surface area contributed by atoms with Crippen LogP contribution < -0.4 is 10.6 Å². The van der Waals surface area contributed by atoms with E-state index in [9.17, 15) is 9.90 Å². The average molecular weight is 340 g/mol. The Labute approximate surface area is 150 Å². The molecule has 0 bridgehead atoms. The normalized spacial score (nSPS) is 11.4. The maximum atomic E-state index is 12.3. The van der Waals surface area contributed by atoms with Gasteiger partial charge in [0, 0.05) is 13.2 Å². The van der Waals surface area contributed by atoms with Crippen molar-refractivity contribution in [3.8, 4) is 0 Å². The molecule has 2 aromatic rings. The Morgan fingerprint density at radius 1 is 1.00 bits per heavy atom. The van der Waals surface area contributed by atoms with E-state index in [1.807, 2.05) is 74.5 Å². The van der Waals surface area contributed by atoms with Crippen LogP contribution in [0.3, 0.4) is 0 Å². The molecule has 0 aromatic heterocycles. The van der Waals surface area contributed by atoms with E-state index in [0.29, 0.717) is 6.54 Å². The second-order valence-electron chi connectivity index (χ2n) is 7.08. The van der Waals surface area contributed by atoms with Crippen molar-refractivity contribution in [1.82, 2.24) is 10.6 Å². The Bertz CT molecular complexity index is 602. The average Bonchev–Trinajstić information content (AvgIpc) is 2.65. The van der Waals surface area contributed by atoms with Gasteiger partial charge in [0.2, 0.25) is 0 Å². The summed E-state index contributed by atoms with van der Waals surface area (Å²) in [6, 6.07) is 19.5. The molecule has 3 N–H and O–H groups in total. The predicted octanol–water partition coefficient (Wildman–Crippen LogP) is 3.87. The van der Waals surface area contributed by atoms with Crippen molar-refractivity contribution in [1.29, 1.82) is 0 Å². The Hall–Kier alpha value is -2.33. The van der Waals surface area contributed by atoms with Crippen molar-refractivity contribution in [2.75, 3.05) is 13.2 Å². The summed E-state index contributed by atoms with van der Waals surface area (Å²) >= 11 is 0. The molecule has 25 heavy (non-hydrogen) atoms. The minimum Gasteiger partial charge on any atom is -0.396 e. The van der Waals surface area contributed by atoms with Gasteiger partial charge in [0.25, 0.3) is 0 Å². The molecular formula is C21H28N2O2. The molecule has 0 radical (unpaired) electrons. The van der Waals surface area contributed by atoms with Crippen molar-refractivity contribution in [2.24, 2.45) is 5.41 Å². The van der Waals surface area contributed by atoms with Crippen LogP contribution in [0.5, 0.6) is 0 Å². The summed E-state index contributed by atoms with van der Waals surface area (Å²) in [4.78, 5) is 12.3. The molecule has 2 amide bonds. The molecule has 0 aliphatic carbocycles. The molecule has 2 rings (SSSR count). The lowest BCUT2D eigenvalue weighted by Crippen LogP contribution is -2.39. The van der Waals surface area contributed by atoms with Gasteiger partial charge in [-0.05, 0) is 29.4 Å². The SMILES string of the molecule is CC(C)(CO)CCCNC(=O)NC(c1ccccc1)c1ccccc1. The van der Waals surface area contributed by atoms with Gasteiger partial charge in [0.15, 0.2) is 0 Å². The highest BCUT2D eigenvalue weighted by Crippen LogP contribution is 2.22. The maximum absolute atomic E-state index is 12.3. The van der Waals surface area contributed by atoms with Crippen molar-refractivity contribution in [2.45, 2.75) is 32.7 Å². The summed E-state index contributed by atoms with van der Waals surface area (Å²) in [5.41, 5.74) is 1.99. The summed E-state index contributed by atoms with van der Waals surface area (Å²) in [6.07, 6.45) is 1.70. The Morgan fingerprint density at radius 2 is 1.52 bits per heavy atom. The zero-order valence-corrected chi connectivity index (χ0v) is 15.0. The molecule has 0 fully saturated rings. The largest absolute Gasteiger partial charge is 0.396 e. The summed E-state index contributed by atoms with van der Waals surface area (Å²) < 4.78 is 0. The van der Waals surface area contributed by atoms with Crippen LogP contribution in [-0.4, -0.2) is 24.3 Å². The number of nitrogens with one attached hydrogen (secondary N) is 2. The van der Waals surface area contributed by atoms with E-state index in [4.69, 9.17) is 0 Å². The van der Waals surface area contributed by atoms with E-state index in [1.165, 1.54) is 0 Å². The van der Waals surface area contributed by atoms with E-state index in [0.717, 1.165) is 24.0 Å². The number of aliphatic hydroxyl groups excluding tert-OH is 1. The third-order valence-corrected chi connectivity index (χ3v) is 4.29. The minimum absolute atomic E-state index is 0.102. The standard InChI is InChI=1S/C21H28N2O2/c1-21(2,16-24)14-9-15-22-20(25)23-19(17-10-5-3-6-11-17)18-12-7-4-8-13-18/h3-8,10-13,19,24H,9,14-16H2,1-2H3,(H2,22,23,25). The van der Waals surface area contributed by atoms with E-state index in [-0.39, 0.29) is 24.1 Å². The molecule has 0 atom stereocenters. The first kappa shape index (κ1) is 19.0. The van der Waals surface area contributed by atoms with Crippen LogP contribution in [0.15, 0.2) is 60.7 Å². The second kappa shape index (κ2) is 9.23. The van der Waals surface area contributed by atoms with Crippen LogP contribution >= 0.6 is 0 Å². The first-order valence-electron chi connectivity index (χ1n) is 8.77. The van der Waals surface area contributed by atoms with Gasteiger partial charge in [-0.25, -0.2) is 4.79 Å². The summed E-state index contributed by atoms with van der Waals surface area (Å²) in [5.74, 6) is 0. The molecule has 4 nitrogen and oxygen atoms in total. The van der Waals surface area contributed by atoms with Crippen LogP contribution in [-0.2, 0) is 0 Å². The number of urea groups is 1. The van der Waals surface area contributed by atoms with Gasteiger partial charge in [-0.15, -0.1) is 0 Å². The van der Waals surface area contributed by atoms with Gasteiger partial charge in [0.05, 0.1) is 6.04 Å². The van der Waals surface area contributed by atoms with Crippen molar-refractivity contribution in [3.05, 3.63) is 71.8 Å². The number of amides is 2. The quantitative estimate of drug-likeness (QED) is 0.639. The van der Waals surface area contributed by atoms with Gasteiger partial charge in [-0.1, -0.05) is 74.5 Å². The third-order valence-electron chi connectivity index (χ3n) is 4.29. The molecule has 0 saturated carbocycles. The molecule has 4 heteroatoms. The second-order valence-corrected chi connectivity index (χ2v) is 7.08. The molecule has 0 aliphatic rings. The lowest BCUT2D eigenvalue weighted by molar-refractivity contribution is 0.148. The van der Waals surface area contributed by atoms with Crippen molar-refractivity contribution >= 4 is 6.03 Å². The Kier molecular flexibility index (Phi) is 7.02. The molecule has 2 aromatic carbocycles. The van der Waals surface area contributed by atoms with Gasteiger partial charge in [-0.2, -0.15) is 0 Å². The number of benzene rings is 2. The molecule has 134 valence electrons. The van der Waals surface area contributed by atoms with E-state index in [2.05, 4.69) is 10.6 Å². The topological polar surface area (TPSA) is 61.4 Å². The highest BCUT2D eigenvalue weighted by atomic mass is 16.3. The molecule has 0 unspecified atom stereocenters. The molecule has 0 saturated heterocycles. The zero-order valence-electron chi connectivity index (χ0n) is 15.0. The Balaban J connectivity index is 1.95. The highest BCUT2D eigenvalue weighted by Gasteiger charge is 2.17. The number of aliphatic hydroxyl groups is 1. The number of hydrogen-bond acceptors (Lipinski definition) is 2. The maximum Gasteiger partial charge on any atom is 0.315 e. The number of carbonyl (C=O) groups excluding carboxylic acids is 1. The fourth-order valence-corrected chi connectivity index (χ4v) is 2.68. The summed E-state index contributed by atoms with van der Waals surface area (Å²) in [5, 5.41) is 15.3. The number of rotatable bonds is 8. The van der Waals surface area contributed by atoms with E-state index >= 15 is 0 Å². The zero-order chi connectivity index (χ0) is 18.1. The summed E-state index contributed by atoms with van der Waals surface area (Å²) in [7, 11) is 0. The Morgan fingerprint density at radius 3 is 2.00 bits per heavy atom. The molecule has 0 aliphatic heterocycles. The van der Waals surface area contributed by atoms with Gasteiger partial charge in [-0.3, -0.25) is 0 Å². The first-order chi connectivity index (χ1) is 12.0. The minimum atomic E-state index is -0.184. The lowest BCUT2D eigenvalue weighted by atomic mass is 9.89. The van der Waals surface area contributed by atoms with Crippen molar-refractivity contribution < 1.29 is 9.90 Å². The van der Waals surface area contributed by atoms with E-state index in [1.54, 1.807) is 0 Å². The fourth-order valence-electron chi connectivity index (χ4n) is 2.68. The van der Waals surface area contributed by atoms with Gasteiger partial charge < -0.3 is 15.7 Å². The molecule has 0 spiro atoms. The van der Waals surface area contributed by atoms with Gasteiger partial charge in [0.1, 0.15) is 0 Å². The lowest BCUT2D eigenvalue weighted by Gasteiger charge is -2.22. The smallest absolute Gasteiger partial charge is 0.315 e. The summed E-state index contributed by atoms with van der Waals surface area (Å²) in [6.45, 7) is 4.79. The van der Waals surface area contributed by atoms with Crippen LogP contribution in [0.25, 0.3) is 0 Å². The fraction of sp³-hybridized carbons (Fsp3) is 0.381. The number of carbonyl (C=O) groups is 1. The highest BCUT2D eigenvalue weighted by molar-refractivity contribution is 5.75. The monoisotopic (exact) mass is 340 g/mol.